The Kier molecular flexibility index (Phi) is 9.04. The van der Waals surface area contributed by atoms with Crippen LogP contribution in [0.25, 0.3) is 22.9 Å². The van der Waals surface area contributed by atoms with E-state index in [0.29, 0.717) is 17.8 Å². The standard InChI is InChI=1S/C26H22FN3O.C2H2O4/c1-19-17-30(18-29-19)25-12-10-20(15-24(25)27)11-13-26(31)28-16-21-6-5-9-23(14-21)22-7-3-2-4-8-22;3-1(4)2(5)6/h2-15,17-18H,16H2,1H3,(H,28,31);(H,3,4)(H,5,6)/b13-11+;. The quantitative estimate of drug-likeness (QED) is 0.265. The maximum Gasteiger partial charge on any atom is 0.414 e. The number of amides is 1. The van der Waals surface area contributed by atoms with Crippen LogP contribution in [0.15, 0.2) is 91.4 Å². The highest BCUT2D eigenvalue weighted by atomic mass is 19.1. The molecule has 0 atom stereocenters. The van der Waals surface area contributed by atoms with E-state index in [2.05, 4.69) is 28.5 Å². The van der Waals surface area contributed by atoms with Crippen molar-refractivity contribution in [3.05, 3.63) is 114 Å². The lowest BCUT2D eigenvalue weighted by molar-refractivity contribution is -0.159. The molecule has 1 amide bonds. The highest BCUT2D eigenvalue weighted by Gasteiger charge is 2.06. The summed E-state index contributed by atoms with van der Waals surface area (Å²) < 4.78 is 16.1. The lowest BCUT2D eigenvalue weighted by Gasteiger charge is -2.07. The number of hydrogen-bond acceptors (Lipinski definition) is 4. The van der Waals surface area contributed by atoms with Crippen molar-refractivity contribution in [1.29, 1.82) is 0 Å². The molecule has 4 aromatic rings. The average molecular weight is 502 g/mol. The van der Waals surface area contributed by atoms with Gasteiger partial charge in [0, 0.05) is 18.8 Å². The van der Waals surface area contributed by atoms with Gasteiger partial charge in [0.25, 0.3) is 0 Å². The first-order chi connectivity index (χ1) is 17.7. The van der Waals surface area contributed by atoms with Crippen molar-refractivity contribution < 1.29 is 29.0 Å². The maximum atomic E-state index is 14.4. The third-order valence-electron chi connectivity index (χ3n) is 5.07. The van der Waals surface area contributed by atoms with Gasteiger partial charge in [-0.15, -0.1) is 0 Å². The number of aliphatic carboxylic acids is 2. The summed E-state index contributed by atoms with van der Waals surface area (Å²) >= 11 is 0. The second-order valence-electron chi connectivity index (χ2n) is 7.86. The fraction of sp³-hybridized carbons (Fsp3) is 0.0714. The summed E-state index contributed by atoms with van der Waals surface area (Å²) in [5.41, 5.74) is 5.08. The Balaban J connectivity index is 0.000000568. The van der Waals surface area contributed by atoms with E-state index in [-0.39, 0.29) is 11.7 Å². The molecule has 0 unspecified atom stereocenters. The van der Waals surface area contributed by atoms with Gasteiger partial charge in [-0.25, -0.2) is 19.0 Å². The highest BCUT2D eigenvalue weighted by Crippen LogP contribution is 2.20. The summed E-state index contributed by atoms with van der Waals surface area (Å²) in [6.07, 6.45) is 6.34. The lowest BCUT2D eigenvalue weighted by Crippen LogP contribution is -2.20. The van der Waals surface area contributed by atoms with Gasteiger partial charge in [0.15, 0.2) is 0 Å². The van der Waals surface area contributed by atoms with Crippen LogP contribution in [0.5, 0.6) is 0 Å². The van der Waals surface area contributed by atoms with E-state index < -0.39 is 11.9 Å². The first-order valence-electron chi connectivity index (χ1n) is 11.1. The van der Waals surface area contributed by atoms with Gasteiger partial charge in [0.2, 0.25) is 5.91 Å². The van der Waals surface area contributed by atoms with Crippen molar-refractivity contribution in [2.75, 3.05) is 0 Å². The smallest absolute Gasteiger partial charge is 0.414 e. The predicted molar refractivity (Wildman–Crippen MR) is 136 cm³/mol. The number of imidazole rings is 1. The predicted octanol–water partition coefficient (Wildman–Crippen LogP) is 4.47. The van der Waals surface area contributed by atoms with Gasteiger partial charge in [-0.2, -0.15) is 0 Å². The van der Waals surface area contributed by atoms with Crippen LogP contribution in [-0.4, -0.2) is 37.6 Å². The Morgan fingerprint density at radius 1 is 0.946 bits per heavy atom. The number of aryl methyl sites for hydroxylation is 1. The summed E-state index contributed by atoms with van der Waals surface area (Å²) in [4.78, 5) is 34.5. The molecule has 0 saturated carbocycles. The van der Waals surface area contributed by atoms with E-state index in [1.807, 2.05) is 43.3 Å². The molecule has 3 aromatic carbocycles. The molecule has 9 heteroatoms. The average Bonchev–Trinajstić information content (AvgIpc) is 3.33. The van der Waals surface area contributed by atoms with Crippen LogP contribution >= 0.6 is 0 Å². The normalized spacial score (nSPS) is 10.4. The molecule has 37 heavy (non-hydrogen) atoms. The molecule has 0 aliphatic rings. The number of carboxylic acids is 2. The van der Waals surface area contributed by atoms with E-state index in [1.165, 1.54) is 12.1 Å². The Morgan fingerprint density at radius 3 is 2.27 bits per heavy atom. The molecule has 0 radical (unpaired) electrons. The van der Waals surface area contributed by atoms with Gasteiger partial charge in [0.1, 0.15) is 5.82 Å². The Hall–Kier alpha value is -5.05. The first kappa shape index (κ1) is 26.6. The van der Waals surface area contributed by atoms with Crippen molar-refractivity contribution in [3.63, 3.8) is 0 Å². The molecule has 188 valence electrons. The number of nitrogens with one attached hydrogen (secondary N) is 1. The van der Waals surface area contributed by atoms with Gasteiger partial charge in [-0.1, -0.05) is 54.6 Å². The van der Waals surface area contributed by atoms with E-state index >= 15 is 0 Å². The minimum Gasteiger partial charge on any atom is -0.473 e. The topological polar surface area (TPSA) is 122 Å². The molecule has 3 N–H and O–H groups in total. The number of halogens is 1. The van der Waals surface area contributed by atoms with Gasteiger partial charge in [-0.05, 0) is 53.5 Å². The summed E-state index contributed by atoms with van der Waals surface area (Å²) in [6, 6.07) is 23.0. The summed E-state index contributed by atoms with van der Waals surface area (Å²) in [5.74, 6) is -4.26. The Bertz CT molecular complexity index is 1420. The number of benzene rings is 3. The SMILES string of the molecule is Cc1cn(-c2ccc(/C=C/C(=O)NCc3cccc(-c4ccccc4)c3)cc2F)cn1.O=C(O)C(=O)O. The number of aromatic nitrogens is 2. The van der Waals surface area contributed by atoms with Gasteiger partial charge < -0.3 is 20.1 Å². The number of carboxylic acid groups (broad SMARTS) is 2. The molecule has 0 aliphatic heterocycles. The van der Waals surface area contributed by atoms with Gasteiger partial charge in [0.05, 0.1) is 17.7 Å². The molecule has 0 saturated heterocycles. The van der Waals surface area contributed by atoms with Crippen molar-refractivity contribution in [2.24, 2.45) is 0 Å². The number of hydrogen-bond donors (Lipinski definition) is 3. The van der Waals surface area contributed by atoms with Crippen molar-refractivity contribution in [1.82, 2.24) is 14.9 Å². The minimum atomic E-state index is -1.82. The van der Waals surface area contributed by atoms with Crippen LogP contribution in [0.2, 0.25) is 0 Å². The molecule has 0 spiro atoms. The molecule has 1 heterocycles. The zero-order chi connectivity index (χ0) is 26.8. The van der Waals surface area contributed by atoms with Crippen molar-refractivity contribution in [3.8, 4) is 16.8 Å². The minimum absolute atomic E-state index is 0.236. The second-order valence-corrected chi connectivity index (χ2v) is 7.86. The van der Waals surface area contributed by atoms with E-state index in [4.69, 9.17) is 19.8 Å². The van der Waals surface area contributed by atoms with Crippen LogP contribution in [0.4, 0.5) is 4.39 Å². The molecule has 1 aromatic heterocycles. The lowest BCUT2D eigenvalue weighted by atomic mass is 10.0. The second kappa shape index (κ2) is 12.6. The largest absolute Gasteiger partial charge is 0.473 e. The molecule has 0 fully saturated rings. The van der Waals surface area contributed by atoms with Crippen molar-refractivity contribution >= 4 is 23.9 Å². The zero-order valence-electron chi connectivity index (χ0n) is 19.8. The number of carbonyl (C=O) groups is 3. The van der Waals surface area contributed by atoms with Gasteiger partial charge >= 0.3 is 11.9 Å². The third-order valence-corrected chi connectivity index (χ3v) is 5.07. The summed E-state index contributed by atoms with van der Waals surface area (Å²) in [7, 11) is 0. The fourth-order valence-electron chi connectivity index (χ4n) is 3.30. The molecule has 4 rings (SSSR count). The molecular weight excluding hydrogens is 477 g/mol. The van der Waals surface area contributed by atoms with E-state index in [0.717, 1.165) is 22.4 Å². The van der Waals surface area contributed by atoms with Crippen LogP contribution in [0.3, 0.4) is 0 Å². The van der Waals surface area contributed by atoms with E-state index in [9.17, 15) is 9.18 Å². The number of carbonyl (C=O) groups excluding carboxylic acids is 1. The van der Waals surface area contributed by atoms with Crippen LogP contribution < -0.4 is 5.32 Å². The monoisotopic (exact) mass is 501 g/mol. The summed E-state index contributed by atoms with van der Waals surface area (Å²) in [5, 5.41) is 17.7. The Morgan fingerprint density at radius 2 is 1.65 bits per heavy atom. The summed E-state index contributed by atoms with van der Waals surface area (Å²) in [6.45, 7) is 2.26. The fourth-order valence-corrected chi connectivity index (χ4v) is 3.30. The van der Waals surface area contributed by atoms with Gasteiger partial charge in [-0.3, -0.25) is 4.79 Å². The zero-order valence-corrected chi connectivity index (χ0v) is 19.8. The van der Waals surface area contributed by atoms with Crippen molar-refractivity contribution in [2.45, 2.75) is 13.5 Å². The van der Waals surface area contributed by atoms with Crippen LogP contribution in [0.1, 0.15) is 16.8 Å². The maximum absolute atomic E-state index is 14.4. The highest BCUT2D eigenvalue weighted by molar-refractivity contribution is 6.27. The first-order valence-corrected chi connectivity index (χ1v) is 11.1. The van der Waals surface area contributed by atoms with Crippen LogP contribution in [-0.2, 0) is 20.9 Å². The Labute approximate surface area is 212 Å². The molecule has 8 nitrogen and oxygen atoms in total. The van der Waals surface area contributed by atoms with E-state index in [1.54, 1.807) is 35.3 Å². The molecule has 0 bridgehead atoms. The van der Waals surface area contributed by atoms with Crippen LogP contribution in [0, 0.1) is 12.7 Å². The molecule has 0 aliphatic carbocycles. The number of rotatable bonds is 6. The number of nitrogens with zero attached hydrogens (tertiary/aromatic N) is 2. The third kappa shape index (κ3) is 8.00. The molecular formula is C28H24FN3O5.